The molecule has 2 aromatic heterocycles. The lowest BCUT2D eigenvalue weighted by molar-refractivity contribution is 0.103. The first-order chi connectivity index (χ1) is 12.5. The molecule has 0 unspecified atom stereocenters. The van der Waals surface area contributed by atoms with Gasteiger partial charge in [0.15, 0.2) is 0 Å². The van der Waals surface area contributed by atoms with Crippen LogP contribution in [0.15, 0.2) is 35.7 Å². The third kappa shape index (κ3) is 3.55. The minimum atomic E-state index is -0.141. The van der Waals surface area contributed by atoms with E-state index in [0.29, 0.717) is 27.6 Å². The van der Waals surface area contributed by atoms with Crippen molar-refractivity contribution in [2.24, 2.45) is 0 Å². The summed E-state index contributed by atoms with van der Waals surface area (Å²) >= 11 is 1.41. The van der Waals surface area contributed by atoms with Crippen LogP contribution in [0.3, 0.4) is 0 Å². The lowest BCUT2D eigenvalue weighted by atomic mass is 10.1. The lowest BCUT2D eigenvalue weighted by Gasteiger charge is -2.09. The Morgan fingerprint density at radius 2 is 1.88 bits per heavy atom. The Labute approximate surface area is 155 Å². The van der Waals surface area contributed by atoms with Crippen LogP contribution >= 0.6 is 11.3 Å². The molecule has 3 aromatic rings. The average Bonchev–Trinajstić information content (AvgIpc) is 3.06. The molecule has 0 aliphatic carbocycles. The fourth-order valence-corrected chi connectivity index (χ4v) is 3.12. The van der Waals surface area contributed by atoms with E-state index in [4.69, 9.17) is 4.74 Å². The fraction of sp³-hybridized carbons (Fsp3) is 0.158. The molecule has 7 heteroatoms. The molecule has 0 saturated heterocycles. The minimum Gasteiger partial charge on any atom is -0.437 e. The van der Waals surface area contributed by atoms with Gasteiger partial charge in [-0.1, -0.05) is 0 Å². The van der Waals surface area contributed by atoms with E-state index < -0.39 is 0 Å². The number of carbonyl (C=O) groups excluding carboxylic acids is 1. The summed E-state index contributed by atoms with van der Waals surface area (Å²) in [5.74, 6) is 0.531. The van der Waals surface area contributed by atoms with Crippen molar-refractivity contribution in [1.82, 2.24) is 10.2 Å². The van der Waals surface area contributed by atoms with Crippen LogP contribution in [0.5, 0.6) is 11.6 Å². The third-order valence-electron chi connectivity index (χ3n) is 3.93. The maximum atomic E-state index is 12.2. The smallest absolute Gasteiger partial charge is 0.265 e. The largest absolute Gasteiger partial charge is 0.437 e. The van der Waals surface area contributed by atoms with Crippen molar-refractivity contribution in [3.8, 4) is 17.7 Å². The van der Waals surface area contributed by atoms with Gasteiger partial charge in [-0.2, -0.15) is 10.4 Å². The van der Waals surface area contributed by atoms with E-state index in [0.717, 1.165) is 11.1 Å². The number of anilines is 1. The Hall–Kier alpha value is -3.24. The summed E-state index contributed by atoms with van der Waals surface area (Å²) in [6.07, 6.45) is 0. The van der Waals surface area contributed by atoms with Gasteiger partial charge in [-0.05, 0) is 67.6 Å². The molecule has 0 fully saturated rings. The molecule has 2 heterocycles. The first-order valence-corrected chi connectivity index (χ1v) is 8.75. The monoisotopic (exact) mass is 364 g/mol. The van der Waals surface area contributed by atoms with Crippen molar-refractivity contribution in [2.45, 2.75) is 20.8 Å². The number of amides is 1. The number of thiophene rings is 1. The van der Waals surface area contributed by atoms with Crippen LogP contribution in [-0.2, 0) is 0 Å². The van der Waals surface area contributed by atoms with Crippen LogP contribution < -0.4 is 10.1 Å². The number of aryl methyl sites for hydroxylation is 2. The number of nitrogens with one attached hydrogen (secondary N) is 1. The molecule has 1 amide bonds. The first-order valence-electron chi connectivity index (χ1n) is 7.87. The van der Waals surface area contributed by atoms with Crippen molar-refractivity contribution < 1.29 is 9.53 Å². The molecule has 0 bridgehead atoms. The number of carbonyl (C=O) groups is 1. The molecule has 0 aliphatic rings. The highest BCUT2D eigenvalue weighted by atomic mass is 32.1. The number of hydrogen-bond acceptors (Lipinski definition) is 6. The zero-order valence-electron chi connectivity index (χ0n) is 14.5. The van der Waals surface area contributed by atoms with Crippen molar-refractivity contribution in [1.29, 1.82) is 5.26 Å². The maximum absolute atomic E-state index is 12.2. The van der Waals surface area contributed by atoms with Gasteiger partial charge in [0.25, 0.3) is 11.8 Å². The molecule has 130 valence electrons. The van der Waals surface area contributed by atoms with Crippen molar-refractivity contribution >= 4 is 22.9 Å². The SMILES string of the molecule is Cc1ccsc1C(=O)Nc1ccc(Oc2nnc(C)c(C)c2C#N)cc1. The summed E-state index contributed by atoms with van der Waals surface area (Å²) < 4.78 is 5.68. The Morgan fingerprint density at radius 1 is 1.15 bits per heavy atom. The summed E-state index contributed by atoms with van der Waals surface area (Å²) in [5, 5.41) is 22.0. The predicted octanol–water partition coefficient (Wildman–Crippen LogP) is 4.38. The third-order valence-corrected chi connectivity index (χ3v) is 4.94. The van der Waals surface area contributed by atoms with Gasteiger partial charge in [-0.3, -0.25) is 4.79 Å². The Kier molecular flexibility index (Phi) is 4.96. The zero-order chi connectivity index (χ0) is 18.7. The van der Waals surface area contributed by atoms with E-state index in [2.05, 4.69) is 21.6 Å². The van der Waals surface area contributed by atoms with Gasteiger partial charge in [0.2, 0.25) is 0 Å². The van der Waals surface area contributed by atoms with Gasteiger partial charge >= 0.3 is 0 Å². The molecule has 1 aromatic carbocycles. The topological polar surface area (TPSA) is 87.9 Å². The molecule has 0 aliphatic heterocycles. The van der Waals surface area contributed by atoms with Gasteiger partial charge in [0.1, 0.15) is 17.4 Å². The summed E-state index contributed by atoms with van der Waals surface area (Å²) in [6.45, 7) is 5.50. The molecule has 0 spiro atoms. The molecule has 3 rings (SSSR count). The van der Waals surface area contributed by atoms with Crippen molar-refractivity contribution in [3.63, 3.8) is 0 Å². The number of nitrogens with zero attached hydrogens (tertiary/aromatic N) is 3. The molecule has 6 nitrogen and oxygen atoms in total. The van der Waals surface area contributed by atoms with Gasteiger partial charge in [-0.25, -0.2) is 0 Å². The molecule has 1 N–H and O–H groups in total. The first kappa shape index (κ1) is 17.6. The fourth-order valence-electron chi connectivity index (χ4n) is 2.30. The molecule has 0 atom stereocenters. The van der Waals surface area contributed by atoms with Gasteiger partial charge in [0.05, 0.1) is 10.6 Å². The van der Waals surface area contributed by atoms with E-state index in [-0.39, 0.29) is 11.8 Å². The molecular formula is C19H16N4O2S. The van der Waals surface area contributed by atoms with Gasteiger partial charge in [0, 0.05) is 5.69 Å². The number of rotatable bonds is 4. The average molecular weight is 364 g/mol. The van der Waals surface area contributed by atoms with E-state index in [1.54, 1.807) is 38.1 Å². The Morgan fingerprint density at radius 3 is 2.50 bits per heavy atom. The van der Waals surface area contributed by atoms with Crippen LogP contribution in [0.4, 0.5) is 5.69 Å². The van der Waals surface area contributed by atoms with Crippen LogP contribution in [0.25, 0.3) is 0 Å². The summed E-state index contributed by atoms with van der Waals surface area (Å²) in [5.41, 5.74) is 3.40. The second-order valence-corrected chi connectivity index (χ2v) is 6.63. The maximum Gasteiger partial charge on any atom is 0.265 e. The molecular weight excluding hydrogens is 348 g/mol. The van der Waals surface area contributed by atoms with Crippen LogP contribution in [0.1, 0.15) is 32.1 Å². The zero-order valence-corrected chi connectivity index (χ0v) is 15.3. The predicted molar refractivity (Wildman–Crippen MR) is 99.7 cm³/mol. The van der Waals surface area contributed by atoms with E-state index in [9.17, 15) is 10.1 Å². The highest BCUT2D eigenvalue weighted by Gasteiger charge is 2.14. The normalized spacial score (nSPS) is 10.2. The summed E-state index contributed by atoms with van der Waals surface area (Å²) in [6, 6.07) is 10.9. The second kappa shape index (κ2) is 7.33. The van der Waals surface area contributed by atoms with Crippen LogP contribution in [-0.4, -0.2) is 16.1 Å². The second-order valence-electron chi connectivity index (χ2n) is 5.72. The standard InChI is InChI=1S/C19H16N4O2S/c1-11-8-9-26-17(11)18(24)21-14-4-6-15(7-5-14)25-19-16(10-20)12(2)13(3)22-23-19/h4-9H,1-3H3,(H,21,24). The lowest BCUT2D eigenvalue weighted by Crippen LogP contribution is -2.11. The van der Waals surface area contributed by atoms with Crippen LogP contribution in [0, 0.1) is 32.1 Å². The number of ether oxygens (including phenoxy) is 1. The minimum absolute atomic E-state index is 0.141. The van der Waals surface area contributed by atoms with Crippen molar-refractivity contribution in [2.75, 3.05) is 5.32 Å². The van der Waals surface area contributed by atoms with E-state index in [1.165, 1.54) is 11.3 Å². The Bertz CT molecular complexity index is 1000. The molecule has 0 saturated carbocycles. The number of hydrogen-bond donors (Lipinski definition) is 1. The van der Waals surface area contributed by atoms with E-state index in [1.807, 2.05) is 18.4 Å². The highest BCUT2D eigenvalue weighted by molar-refractivity contribution is 7.12. The van der Waals surface area contributed by atoms with Gasteiger partial charge < -0.3 is 10.1 Å². The molecule has 26 heavy (non-hydrogen) atoms. The quantitative estimate of drug-likeness (QED) is 0.742. The van der Waals surface area contributed by atoms with Crippen LogP contribution in [0.2, 0.25) is 0 Å². The molecule has 0 radical (unpaired) electrons. The Balaban J connectivity index is 1.75. The van der Waals surface area contributed by atoms with Gasteiger partial charge in [-0.15, -0.1) is 16.4 Å². The summed E-state index contributed by atoms with van der Waals surface area (Å²) in [4.78, 5) is 12.9. The number of nitriles is 1. The highest BCUT2D eigenvalue weighted by Crippen LogP contribution is 2.26. The van der Waals surface area contributed by atoms with E-state index >= 15 is 0 Å². The number of aromatic nitrogens is 2. The van der Waals surface area contributed by atoms with Crippen molar-refractivity contribution in [3.05, 3.63) is 63.0 Å². The number of benzene rings is 1. The summed E-state index contributed by atoms with van der Waals surface area (Å²) in [7, 11) is 0.